The van der Waals surface area contributed by atoms with Gasteiger partial charge in [-0.3, -0.25) is 9.10 Å². The monoisotopic (exact) mass is 508 g/mol. The van der Waals surface area contributed by atoms with E-state index in [4.69, 9.17) is 23.2 Å². The Balaban J connectivity index is 1.76. The molecule has 0 aromatic heterocycles. The van der Waals surface area contributed by atoms with E-state index in [9.17, 15) is 13.2 Å². The molecule has 0 spiro atoms. The maximum atomic E-state index is 12.8. The van der Waals surface area contributed by atoms with Crippen LogP contribution in [0.1, 0.15) is 11.1 Å². The molecule has 3 aromatic rings. The third kappa shape index (κ3) is 6.42. The molecule has 5 nitrogen and oxygen atoms in total. The fraction of sp³-hybridized carbons (Fsp3) is 0.174. The molecule has 9 heteroatoms. The number of rotatable bonds is 8. The van der Waals surface area contributed by atoms with Gasteiger partial charge in [-0.1, -0.05) is 53.5 Å². The lowest BCUT2D eigenvalue weighted by Gasteiger charge is -2.24. The van der Waals surface area contributed by atoms with Gasteiger partial charge in [-0.25, -0.2) is 8.42 Å². The van der Waals surface area contributed by atoms with E-state index >= 15 is 0 Å². The van der Waals surface area contributed by atoms with Gasteiger partial charge >= 0.3 is 0 Å². The van der Waals surface area contributed by atoms with Crippen LogP contribution in [0.15, 0.2) is 71.6 Å². The average Bonchev–Trinajstić information content (AvgIpc) is 2.74. The van der Waals surface area contributed by atoms with Crippen molar-refractivity contribution in [3.8, 4) is 0 Å². The zero-order valence-electron chi connectivity index (χ0n) is 17.5. The molecule has 0 heterocycles. The summed E-state index contributed by atoms with van der Waals surface area (Å²) in [4.78, 5) is 13.7. The van der Waals surface area contributed by atoms with Gasteiger partial charge in [0.25, 0.3) is 0 Å². The second-order valence-corrected chi connectivity index (χ2v) is 10.9. The molecule has 168 valence electrons. The van der Waals surface area contributed by atoms with E-state index in [1.165, 1.54) is 0 Å². The van der Waals surface area contributed by atoms with Gasteiger partial charge in [0.15, 0.2) is 0 Å². The molecule has 0 saturated heterocycles. The fourth-order valence-electron chi connectivity index (χ4n) is 3.01. The first-order valence-electron chi connectivity index (χ1n) is 9.64. The predicted molar refractivity (Wildman–Crippen MR) is 134 cm³/mol. The van der Waals surface area contributed by atoms with Gasteiger partial charge in [0, 0.05) is 20.7 Å². The van der Waals surface area contributed by atoms with Gasteiger partial charge in [-0.15, -0.1) is 11.8 Å². The number of benzene rings is 3. The Morgan fingerprint density at radius 1 is 1.00 bits per heavy atom. The second-order valence-electron chi connectivity index (χ2n) is 7.11. The number of thioether (sulfide) groups is 1. The number of para-hydroxylation sites is 1. The highest BCUT2D eigenvalue weighted by molar-refractivity contribution is 7.98. The first-order chi connectivity index (χ1) is 15.1. The van der Waals surface area contributed by atoms with Crippen molar-refractivity contribution >= 4 is 62.3 Å². The molecular formula is C23H22Cl2N2O3S2. The van der Waals surface area contributed by atoms with E-state index in [0.29, 0.717) is 32.7 Å². The Kier molecular flexibility index (Phi) is 8.11. The summed E-state index contributed by atoms with van der Waals surface area (Å²) in [5, 5.41) is 3.95. The smallest absolute Gasteiger partial charge is 0.245 e. The zero-order chi connectivity index (χ0) is 23.3. The van der Waals surface area contributed by atoms with E-state index in [1.54, 1.807) is 43.0 Å². The van der Waals surface area contributed by atoms with Crippen LogP contribution in [0.4, 0.5) is 11.4 Å². The van der Waals surface area contributed by atoms with Crippen molar-refractivity contribution in [1.82, 2.24) is 0 Å². The topological polar surface area (TPSA) is 66.5 Å². The number of halogens is 2. The highest BCUT2D eigenvalue weighted by Crippen LogP contribution is 2.31. The van der Waals surface area contributed by atoms with Gasteiger partial charge < -0.3 is 5.32 Å². The Bertz CT molecular complexity index is 1220. The van der Waals surface area contributed by atoms with Crippen LogP contribution in [-0.4, -0.2) is 27.1 Å². The number of anilines is 2. The standard InChI is InChI=1S/C23H22Cl2N2O3S2/c1-16-19(25)6-5-8-21(16)27(32(2,29)30)14-23(28)26-20-7-3-4-9-22(20)31-15-17-10-12-18(24)13-11-17/h3-13H,14-15H2,1-2H3,(H,26,28). The first kappa shape index (κ1) is 24.5. The van der Waals surface area contributed by atoms with Crippen LogP contribution in [0.3, 0.4) is 0 Å². The Hall–Kier alpha value is -2.19. The maximum Gasteiger partial charge on any atom is 0.245 e. The molecule has 0 radical (unpaired) electrons. The molecule has 0 fully saturated rings. The van der Waals surface area contributed by atoms with Crippen molar-refractivity contribution in [3.63, 3.8) is 0 Å². The van der Waals surface area contributed by atoms with Crippen molar-refractivity contribution in [2.24, 2.45) is 0 Å². The average molecular weight is 509 g/mol. The van der Waals surface area contributed by atoms with Crippen molar-refractivity contribution in [3.05, 3.63) is 87.9 Å². The molecule has 0 aliphatic heterocycles. The first-order valence-corrected chi connectivity index (χ1v) is 13.2. The van der Waals surface area contributed by atoms with Gasteiger partial charge in [-0.2, -0.15) is 0 Å². The summed E-state index contributed by atoms with van der Waals surface area (Å²) >= 11 is 13.7. The molecule has 0 atom stereocenters. The number of hydrogen-bond acceptors (Lipinski definition) is 4. The van der Waals surface area contributed by atoms with Crippen molar-refractivity contribution in [2.45, 2.75) is 17.6 Å². The molecule has 3 aromatic carbocycles. The summed E-state index contributed by atoms with van der Waals surface area (Å²) in [5.74, 6) is 0.246. The lowest BCUT2D eigenvalue weighted by atomic mass is 10.2. The highest BCUT2D eigenvalue weighted by atomic mass is 35.5. The largest absolute Gasteiger partial charge is 0.323 e. The zero-order valence-corrected chi connectivity index (χ0v) is 20.7. The van der Waals surface area contributed by atoms with Crippen molar-refractivity contribution in [2.75, 3.05) is 22.4 Å². The van der Waals surface area contributed by atoms with E-state index in [1.807, 2.05) is 42.5 Å². The molecule has 3 rings (SSSR count). The minimum absolute atomic E-state index is 0.365. The van der Waals surface area contributed by atoms with Crippen LogP contribution >= 0.6 is 35.0 Å². The van der Waals surface area contributed by atoms with Crippen LogP contribution in [0.25, 0.3) is 0 Å². The predicted octanol–water partition coefficient (Wildman–Crippen LogP) is 6.00. The molecule has 1 amide bonds. The quantitative estimate of drug-likeness (QED) is 0.379. The van der Waals surface area contributed by atoms with Crippen LogP contribution in [-0.2, 0) is 20.6 Å². The summed E-state index contributed by atoms with van der Waals surface area (Å²) in [6.45, 7) is 1.35. The van der Waals surface area contributed by atoms with Crippen LogP contribution in [0.2, 0.25) is 10.0 Å². The van der Waals surface area contributed by atoms with Crippen molar-refractivity contribution in [1.29, 1.82) is 0 Å². The third-order valence-electron chi connectivity index (χ3n) is 4.66. The Morgan fingerprint density at radius 3 is 2.38 bits per heavy atom. The van der Waals surface area contributed by atoms with E-state index in [0.717, 1.165) is 21.0 Å². The number of nitrogens with one attached hydrogen (secondary N) is 1. The molecular weight excluding hydrogens is 487 g/mol. The van der Waals surface area contributed by atoms with E-state index < -0.39 is 15.9 Å². The number of amides is 1. The minimum Gasteiger partial charge on any atom is -0.323 e. The number of carbonyl (C=O) groups excluding carboxylic acids is 1. The number of nitrogens with zero attached hydrogens (tertiary/aromatic N) is 1. The van der Waals surface area contributed by atoms with Crippen LogP contribution in [0, 0.1) is 6.92 Å². The number of hydrogen-bond donors (Lipinski definition) is 1. The summed E-state index contributed by atoms with van der Waals surface area (Å²) in [7, 11) is -3.71. The number of carbonyl (C=O) groups is 1. The van der Waals surface area contributed by atoms with Gasteiger partial charge in [-0.05, 0) is 54.4 Å². The van der Waals surface area contributed by atoms with Crippen LogP contribution < -0.4 is 9.62 Å². The fourth-order valence-corrected chi connectivity index (χ4v) is 5.17. The Morgan fingerprint density at radius 2 is 1.69 bits per heavy atom. The minimum atomic E-state index is -3.71. The molecule has 0 unspecified atom stereocenters. The van der Waals surface area contributed by atoms with Gasteiger partial charge in [0.2, 0.25) is 15.9 Å². The van der Waals surface area contributed by atoms with Gasteiger partial charge in [0.1, 0.15) is 6.54 Å². The molecule has 0 bridgehead atoms. The second kappa shape index (κ2) is 10.6. The number of sulfonamides is 1. The third-order valence-corrected chi connectivity index (χ3v) is 7.60. The summed E-state index contributed by atoms with van der Waals surface area (Å²) in [6.07, 6.45) is 1.07. The van der Waals surface area contributed by atoms with E-state index in [-0.39, 0.29) is 6.54 Å². The van der Waals surface area contributed by atoms with Crippen molar-refractivity contribution < 1.29 is 13.2 Å². The molecule has 1 N–H and O–H groups in total. The van der Waals surface area contributed by atoms with Crippen LogP contribution in [0.5, 0.6) is 0 Å². The highest BCUT2D eigenvalue weighted by Gasteiger charge is 2.23. The molecule has 0 aliphatic carbocycles. The molecule has 32 heavy (non-hydrogen) atoms. The SMILES string of the molecule is Cc1c(Cl)cccc1N(CC(=O)Nc1ccccc1SCc1ccc(Cl)cc1)S(C)(=O)=O. The van der Waals surface area contributed by atoms with Gasteiger partial charge in [0.05, 0.1) is 17.6 Å². The summed E-state index contributed by atoms with van der Waals surface area (Å²) < 4.78 is 25.9. The maximum absolute atomic E-state index is 12.8. The summed E-state index contributed by atoms with van der Waals surface area (Å²) in [6, 6.07) is 19.9. The molecule has 0 aliphatic rings. The molecule has 0 saturated carbocycles. The Labute approximate surface area is 202 Å². The van der Waals surface area contributed by atoms with E-state index in [2.05, 4.69) is 5.32 Å². The lowest BCUT2D eigenvalue weighted by Crippen LogP contribution is -2.38. The normalized spacial score (nSPS) is 11.2. The summed E-state index contributed by atoms with van der Waals surface area (Å²) in [5.41, 5.74) is 2.68. The lowest BCUT2D eigenvalue weighted by molar-refractivity contribution is -0.114.